The Hall–Kier alpha value is -2.19. The monoisotopic (exact) mass is 528 g/mol. The van der Waals surface area contributed by atoms with Gasteiger partial charge in [0, 0.05) is 10.9 Å². The van der Waals surface area contributed by atoms with Crippen molar-refractivity contribution >= 4 is 46.7 Å². The van der Waals surface area contributed by atoms with Crippen LogP contribution in [-0.2, 0) is 4.57 Å². The summed E-state index contributed by atoms with van der Waals surface area (Å²) in [4.78, 5) is 28.5. The second-order valence-corrected chi connectivity index (χ2v) is 13.1. The molecule has 0 fully saturated rings. The van der Waals surface area contributed by atoms with Gasteiger partial charge in [-0.1, -0.05) is 113 Å². The largest absolute Gasteiger partial charge is 0.302 e. The summed E-state index contributed by atoms with van der Waals surface area (Å²) in [7, 11) is -4.37. The number of hydrogen-bond acceptors (Lipinski definition) is 3. The molecule has 0 amide bonds. The highest BCUT2D eigenvalue weighted by molar-refractivity contribution is 8.01. The number of benzene rings is 3. The molecule has 0 heterocycles. The smallest absolute Gasteiger partial charge is 0.248 e. The minimum absolute atomic E-state index is 0.0200. The van der Waals surface area contributed by atoms with Crippen molar-refractivity contribution in [2.45, 2.75) is 59.3 Å². The van der Waals surface area contributed by atoms with Gasteiger partial charge in [-0.3, -0.25) is 9.59 Å². The Morgan fingerprint density at radius 3 is 1.54 bits per heavy atom. The van der Waals surface area contributed by atoms with Crippen LogP contribution in [-0.4, -0.2) is 11.0 Å². The highest BCUT2D eigenvalue weighted by Gasteiger charge is 2.46. The van der Waals surface area contributed by atoms with Crippen molar-refractivity contribution in [3.63, 3.8) is 0 Å². The lowest BCUT2D eigenvalue weighted by Crippen LogP contribution is -2.23. The summed E-state index contributed by atoms with van der Waals surface area (Å²) in [6.45, 7) is 12.2. The summed E-state index contributed by atoms with van der Waals surface area (Å²) in [6.07, 6.45) is 0. The number of carbonyl (C=O) groups excluding carboxylic acids is 2. The molecule has 1 atom stereocenters. The first-order valence-corrected chi connectivity index (χ1v) is 14.2. The van der Waals surface area contributed by atoms with E-state index in [-0.39, 0.29) is 38.7 Å². The van der Waals surface area contributed by atoms with Crippen molar-refractivity contribution in [2.75, 3.05) is 0 Å². The van der Waals surface area contributed by atoms with E-state index >= 15 is 0 Å². The van der Waals surface area contributed by atoms with Gasteiger partial charge in [0.2, 0.25) is 18.2 Å². The maximum Gasteiger partial charge on any atom is 0.248 e. The van der Waals surface area contributed by atoms with Crippen LogP contribution in [0.3, 0.4) is 0 Å². The van der Waals surface area contributed by atoms with Crippen molar-refractivity contribution in [1.29, 1.82) is 0 Å². The second-order valence-electron chi connectivity index (χ2n) is 9.69. The fourth-order valence-electron chi connectivity index (χ4n) is 4.18. The minimum atomic E-state index is -4.37. The second kappa shape index (κ2) is 10.8. The molecule has 184 valence electrons. The van der Waals surface area contributed by atoms with E-state index in [1.165, 1.54) is 12.1 Å². The quantitative estimate of drug-likeness (QED) is 0.274. The summed E-state index contributed by atoms with van der Waals surface area (Å²) in [5, 5.41) is 0.299. The van der Waals surface area contributed by atoms with Crippen LogP contribution in [0.2, 0.25) is 10.0 Å². The molecule has 0 radical (unpaired) electrons. The molecule has 1 unspecified atom stereocenters. The van der Waals surface area contributed by atoms with Gasteiger partial charge in [0.15, 0.2) is 0 Å². The van der Waals surface area contributed by atoms with Gasteiger partial charge >= 0.3 is 0 Å². The third-order valence-electron chi connectivity index (χ3n) is 6.21. The Bertz CT molecular complexity index is 1260. The third kappa shape index (κ3) is 5.19. The van der Waals surface area contributed by atoms with Gasteiger partial charge in [-0.2, -0.15) is 0 Å². The van der Waals surface area contributed by atoms with Crippen LogP contribution in [0.1, 0.15) is 96.7 Å². The maximum atomic E-state index is 14.9. The van der Waals surface area contributed by atoms with Crippen LogP contribution in [0.5, 0.6) is 0 Å². The summed E-state index contributed by atoms with van der Waals surface area (Å²) >= 11 is 12.7. The standard InChI is InChI=1S/C29H31Cl2O3P/c1-17(2)20-15-22(18(3)4)26(23(16-20)19(5)6)28(32)35(34,21-11-8-7-9-12-21)29(33)27-24(30)13-10-14-25(27)31/h7-19H,1-6H3. The first-order chi connectivity index (χ1) is 16.4. The zero-order valence-electron chi connectivity index (χ0n) is 20.9. The highest BCUT2D eigenvalue weighted by atomic mass is 35.5. The first-order valence-electron chi connectivity index (χ1n) is 11.8. The Morgan fingerprint density at radius 2 is 1.11 bits per heavy atom. The number of carbonyl (C=O) groups is 2. The predicted octanol–water partition coefficient (Wildman–Crippen LogP) is 9.03. The topological polar surface area (TPSA) is 51.2 Å². The minimum Gasteiger partial charge on any atom is -0.302 e. The van der Waals surface area contributed by atoms with E-state index < -0.39 is 18.2 Å². The van der Waals surface area contributed by atoms with Crippen molar-refractivity contribution in [3.05, 3.63) is 98.5 Å². The van der Waals surface area contributed by atoms with E-state index in [1.54, 1.807) is 36.4 Å². The van der Waals surface area contributed by atoms with Crippen molar-refractivity contribution in [1.82, 2.24) is 0 Å². The van der Waals surface area contributed by atoms with Gasteiger partial charge in [0.05, 0.1) is 15.6 Å². The van der Waals surface area contributed by atoms with E-state index in [9.17, 15) is 14.2 Å². The molecule has 0 N–H and O–H groups in total. The number of rotatable bonds is 8. The van der Waals surface area contributed by atoms with E-state index in [2.05, 4.69) is 13.8 Å². The SMILES string of the molecule is CC(C)c1cc(C(C)C)c(C(=O)P(=O)(C(=O)c2c(Cl)cccc2Cl)c2ccccc2)c(C(C)C)c1. The van der Waals surface area contributed by atoms with E-state index in [1.807, 2.05) is 39.8 Å². The molecule has 0 spiro atoms. The normalized spacial score (nSPS) is 13.3. The summed E-state index contributed by atoms with van der Waals surface area (Å²) < 4.78 is 14.9. The molecular formula is C29H31Cl2O3P. The Morgan fingerprint density at radius 1 is 0.657 bits per heavy atom. The molecule has 0 aliphatic rings. The van der Waals surface area contributed by atoms with Crippen molar-refractivity contribution in [3.8, 4) is 0 Å². The molecule has 0 aliphatic heterocycles. The third-order valence-corrected chi connectivity index (χ3v) is 9.46. The molecule has 3 aromatic carbocycles. The summed E-state index contributed by atoms with van der Waals surface area (Å²) in [5.41, 5.74) is 1.44. The predicted molar refractivity (Wildman–Crippen MR) is 148 cm³/mol. The Kier molecular flexibility index (Phi) is 8.48. The zero-order chi connectivity index (χ0) is 26.1. The lowest BCUT2D eigenvalue weighted by atomic mass is 9.85. The van der Waals surface area contributed by atoms with Crippen LogP contribution >= 0.6 is 30.3 Å². The fraction of sp³-hybridized carbons (Fsp3) is 0.310. The molecule has 3 rings (SSSR count). The fourth-order valence-corrected chi connectivity index (χ4v) is 7.26. The van der Waals surface area contributed by atoms with Gasteiger partial charge in [0.25, 0.3) is 0 Å². The molecule has 0 aliphatic carbocycles. The summed E-state index contributed by atoms with van der Waals surface area (Å²) in [5.74, 6) is 0.209. The van der Waals surface area contributed by atoms with Crippen molar-refractivity contribution < 1.29 is 14.2 Å². The van der Waals surface area contributed by atoms with Crippen molar-refractivity contribution in [2.24, 2.45) is 0 Å². The lowest BCUT2D eigenvalue weighted by Gasteiger charge is -2.25. The average molecular weight is 529 g/mol. The molecule has 0 aromatic heterocycles. The lowest BCUT2D eigenvalue weighted by molar-refractivity contribution is 0.104. The average Bonchev–Trinajstić information content (AvgIpc) is 2.82. The van der Waals surface area contributed by atoms with Crippen LogP contribution in [0, 0.1) is 0 Å². The van der Waals surface area contributed by atoms with E-state index in [0.717, 1.165) is 16.7 Å². The van der Waals surface area contributed by atoms with Gasteiger partial charge in [-0.05, 0) is 46.6 Å². The van der Waals surface area contributed by atoms with Crippen LogP contribution in [0.25, 0.3) is 0 Å². The van der Waals surface area contributed by atoms with E-state index in [4.69, 9.17) is 23.2 Å². The molecule has 6 heteroatoms. The van der Waals surface area contributed by atoms with Gasteiger partial charge < -0.3 is 4.57 Å². The molecular weight excluding hydrogens is 498 g/mol. The van der Waals surface area contributed by atoms with Gasteiger partial charge in [-0.25, -0.2) is 0 Å². The highest BCUT2D eigenvalue weighted by Crippen LogP contribution is 2.54. The molecule has 0 bridgehead atoms. The number of halogens is 2. The molecule has 3 nitrogen and oxygen atoms in total. The molecule has 3 aromatic rings. The zero-order valence-corrected chi connectivity index (χ0v) is 23.3. The van der Waals surface area contributed by atoms with E-state index in [0.29, 0.717) is 5.56 Å². The molecule has 35 heavy (non-hydrogen) atoms. The van der Waals surface area contributed by atoms with Crippen LogP contribution in [0.4, 0.5) is 0 Å². The van der Waals surface area contributed by atoms with Crippen LogP contribution < -0.4 is 5.30 Å². The Labute approximate surface area is 218 Å². The van der Waals surface area contributed by atoms with Gasteiger partial charge in [0.1, 0.15) is 0 Å². The van der Waals surface area contributed by atoms with Crippen LogP contribution in [0.15, 0.2) is 60.7 Å². The Balaban J connectivity index is 2.40. The maximum absolute atomic E-state index is 14.9. The first kappa shape index (κ1) is 27.4. The number of hydrogen-bond donors (Lipinski definition) is 0. The van der Waals surface area contributed by atoms with Gasteiger partial charge in [-0.15, -0.1) is 0 Å². The molecule has 0 saturated heterocycles. The summed E-state index contributed by atoms with van der Waals surface area (Å²) in [6, 6.07) is 16.9. The molecule has 0 saturated carbocycles.